The Kier molecular flexibility index (Phi) is 4.45. The molecule has 1 aromatic heterocycles. The van der Waals surface area contributed by atoms with Crippen molar-refractivity contribution in [2.24, 2.45) is 11.8 Å². The van der Waals surface area contributed by atoms with Gasteiger partial charge in [-0.3, -0.25) is 0 Å². The number of anilines is 1. The second kappa shape index (κ2) is 5.90. The molecular weight excluding hydrogens is 260 g/mol. The normalized spacial score (nSPS) is 26.4. The smallest absolute Gasteiger partial charge is 0.350 e. The summed E-state index contributed by atoms with van der Waals surface area (Å²) in [5, 5.41) is 4.33. The van der Waals surface area contributed by atoms with Crippen LogP contribution < -0.4 is 5.32 Å². The summed E-state index contributed by atoms with van der Waals surface area (Å²) in [5.41, 5.74) is 0.747. The molecule has 0 aromatic carbocycles. The highest BCUT2D eigenvalue weighted by Crippen LogP contribution is 2.36. The quantitative estimate of drug-likeness (QED) is 0.859. The lowest BCUT2D eigenvalue weighted by Crippen LogP contribution is -2.24. The van der Waals surface area contributed by atoms with Gasteiger partial charge in [-0.1, -0.05) is 31.6 Å². The molecule has 1 N–H and O–H groups in total. The topological polar surface area (TPSA) is 51.2 Å². The first-order valence-corrected chi connectivity index (χ1v) is 7.70. The van der Waals surface area contributed by atoms with E-state index >= 15 is 0 Å². The molecule has 0 aliphatic heterocycles. The van der Waals surface area contributed by atoms with E-state index < -0.39 is 0 Å². The highest BCUT2D eigenvalue weighted by molar-refractivity contribution is 7.17. The summed E-state index contributed by atoms with van der Waals surface area (Å²) in [6, 6.07) is 0.473. The second-order valence-electron chi connectivity index (χ2n) is 5.28. The van der Waals surface area contributed by atoms with E-state index in [4.69, 9.17) is 4.74 Å². The third kappa shape index (κ3) is 2.91. The van der Waals surface area contributed by atoms with Crippen LogP contribution in [0.5, 0.6) is 0 Å². The molecule has 1 aliphatic carbocycles. The van der Waals surface area contributed by atoms with Crippen molar-refractivity contribution in [1.82, 2.24) is 4.98 Å². The van der Waals surface area contributed by atoms with Gasteiger partial charge in [-0.2, -0.15) is 0 Å². The average Bonchev–Trinajstić information content (AvgIpc) is 2.93. The van der Waals surface area contributed by atoms with E-state index in [0.29, 0.717) is 16.8 Å². The lowest BCUT2D eigenvalue weighted by Gasteiger charge is -2.20. The zero-order chi connectivity index (χ0) is 14.0. The van der Waals surface area contributed by atoms with Crippen molar-refractivity contribution < 1.29 is 9.53 Å². The molecule has 0 radical (unpaired) electrons. The first-order valence-electron chi connectivity index (χ1n) is 6.89. The van der Waals surface area contributed by atoms with Crippen LogP contribution in [0.15, 0.2) is 0 Å². The van der Waals surface area contributed by atoms with Crippen LogP contribution >= 0.6 is 11.3 Å². The highest BCUT2D eigenvalue weighted by atomic mass is 32.1. The number of nitrogens with zero attached hydrogens (tertiary/aromatic N) is 1. The SMILES string of the molecule is CCC1CCC(Nc2nc(C)c(C(=O)OC)s2)C1C. The lowest BCUT2D eigenvalue weighted by atomic mass is 9.94. The number of carbonyl (C=O) groups excluding carboxylic acids is 1. The number of carbonyl (C=O) groups is 1. The summed E-state index contributed by atoms with van der Waals surface area (Å²) in [7, 11) is 1.40. The van der Waals surface area contributed by atoms with Gasteiger partial charge in [-0.05, 0) is 31.6 Å². The van der Waals surface area contributed by atoms with Crippen LogP contribution in [0.4, 0.5) is 5.13 Å². The Balaban J connectivity index is 2.06. The van der Waals surface area contributed by atoms with Crippen molar-refractivity contribution in [2.45, 2.75) is 46.1 Å². The Bertz CT molecular complexity index is 458. The predicted molar refractivity (Wildman–Crippen MR) is 77.8 cm³/mol. The van der Waals surface area contributed by atoms with Gasteiger partial charge < -0.3 is 10.1 Å². The molecule has 1 heterocycles. The molecule has 0 saturated heterocycles. The van der Waals surface area contributed by atoms with Gasteiger partial charge >= 0.3 is 5.97 Å². The first kappa shape index (κ1) is 14.3. The third-order valence-electron chi connectivity index (χ3n) is 4.23. The molecule has 0 spiro atoms. The molecule has 1 fully saturated rings. The minimum Gasteiger partial charge on any atom is -0.465 e. The maximum absolute atomic E-state index is 11.6. The fourth-order valence-electron chi connectivity index (χ4n) is 2.93. The molecule has 3 atom stereocenters. The predicted octanol–water partition coefficient (Wildman–Crippen LogP) is 3.47. The van der Waals surface area contributed by atoms with Crippen LogP contribution in [-0.2, 0) is 4.74 Å². The number of rotatable bonds is 4. The molecule has 1 saturated carbocycles. The van der Waals surface area contributed by atoms with Crippen LogP contribution in [0.3, 0.4) is 0 Å². The number of nitrogens with one attached hydrogen (secondary N) is 1. The van der Waals surface area contributed by atoms with Gasteiger partial charge in [0.05, 0.1) is 12.8 Å². The van der Waals surface area contributed by atoms with Crippen molar-refractivity contribution in [3.05, 3.63) is 10.6 Å². The molecule has 106 valence electrons. The van der Waals surface area contributed by atoms with Crippen molar-refractivity contribution in [2.75, 3.05) is 12.4 Å². The number of aryl methyl sites for hydroxylation is 1. The van der Waals surface area contributed by atoms with Crippen molar-refractivity contribution in [1.29, 1.82) is 0 Å². The van der Waals surface area contributed by atoms with Crippen LogP contribution in [0.2, 0.25) is 0 Å². The standard InChI is InChI=1S/C14H22N2O2S/c1-5-10-6-7-11(8(10)2)16-14-15-9(3)12(19-14)13(17)18-4/h8,10-11H,5-7H2,1-4H3,(H,15,16). The van der Waals surface area contributed by atoms with Gasteiger partial charge in [0.2, 0.25) is 0 Å². The molecule has 1 aromatic rings. The Morgan fingerprint density at radius 1 is 1.53 bits per heavy atom. The summed E-state index contributed by atoms with van der Waals surface area (Å²) in [4.78, 5) is 16.6. The molecule has 2 rings (SSSR count). The number of methoxy groups -OCH3 is 1. The van der Waals surface area contributed by atoms with E-state index in [1.54, 1.807) is 0 Å². The Labute approximate surface area is 118 Å². The number of hydrogen-bond donors (Lipinski definition) is 1. The fourth-order valence-corrected chi connectivity index (χ4v) is 3.87. The molecule has 4 nitrogen and oxygen atoms in total. The van der Waals surface area contributed by atoms with E-state index in [9.17, 15) is 4.79 Å². The first-order chi connectivity index (χ1) is 9.06. The zero-order valence-electron chi connectivity index (χ0n) is 12.0. The van der Waals surface area contributed by atoms with E-state index in [1.165, 1.54) is 37.7 Å². The van der Waals surface area contributed by atoms with Crippen LogP contribution in [-0.4, -0.2) is 24.1 Å². The summed E-state index contributed by atoms with van der Waals surface area (Å²) in [6.07, 6.45) is 3.71. The van der Waals surface area contributed by atoms with Crippen LogP contribution in [0, 0.1) is 18.8 Å². The minimum absolute atomic E-state index is 0.297. The van der Waals surface area contributed by atoms with Gasteiger partial charge in [0.25, 0.3) is 0 Å². The Morgan fingerprint density at radius 2 is 2.26 bits per heavy atom. The average molecular weight is 282 g/mol. The maximum atomic E-state index is 11.6. The summed E-state index contributed by atoms with van der Waals surface area (Å²) >= 11 is 1.39. The van der Waals surface area contributed by atoms with Gasteiger partial charge in [-0.25, -0.2) is 9.78 Å². The lowest BCUT2D eigenvalue weighted by molar-refractivity contribution is 0.0605. The zero-order valence-corrected chi connectivity index (χ0v) is 12.8. The molecule has 1 aliphatic rings. The number of esters is 1. The van der Waals surface area contributed by atoms with Gasteiger partial charge in [-0.15, -0.1) is 0 Å². The molecule has 3 unspecified atom stereocenters. The highest BCUT2D eigenvalue weighted by Gasteiger charge is 2.32. The van der Waals surface area contributed by atoms with Crippen molar-refractivity contribution in [3.8, 4) is 0 Å². The minimum atomic E-state index is -0.297. The molecule has 5 heteroatoms. The molecule has 0 bridgehead atoms. The molecular formula is C14H22N2O2S. The third-order valence-corrected chi connectivity index (χ3v) is 5.30. The largest absolute Gasteiger partial charge is 0.465 e. The summed E-state index contributed by atoms with van der Waals surface area (Å²) in [6.45, 7) is 6.41. The monoisotopic (exact) mass is 282 g/mol. The number of ether oxygens (including phenoxy) is 1. The van der Waals surface area contributed by atoms with Crippen LogP contribution in [0.25, 0.3) is 0 Å². The fraction of sp³-hybridized carbons (Fsp3) is 0.714. The van der Waals surface area contributed by atoms with E-state index in [-0.39, 0.29) is 5.97 Å². The Hall–Kier alpha value is -1.10. The van der Waals surface area contributed by atoms with Gasteiger partial charge in [0.15, 0.2) is 5.13 Å². The maximum Gasteiger partial charge on any atom is 0.350 e. The van der Waals surface area contributed by atoms with Crippen LogP contribution in [0.1, 0.15) is 48.5 Å². The molecule has 0 amide bonds. The van der Waals surface area contributed by atoms with E-state index in [2.05, 4.69) is 24.1 Å². The summed E-state index contributed by atoms with van der Waals surface area (Å²) < 4.78 is 4.76. The van der Waals surface area contributed by atoms with Crippen molar-refractivity contribution in [3.63, 3.8) is 0 Å². The second-order valence-corrected chi connectivity index (χ2v) is 6.28. The van der Waals surface area contributed by atoms with E-state index in [0.717, 1.165) is 16.7 Å². The molecule has 19 heavy (non-hydrogen) atoms. The van der Waals surface area contributed by atoms with Crippen molar-refractivity contribution >= 4 is 22.4 Å². The number of hydrogen-bond acceptors (Lipinski definition) is 5. The van der Waals surface area contributed by atoms with E-state index in [1.807, 2.05) is 6.92 Å². The van der Waals surface area contributed by atoms with Gasteiger partial charge in [0, 0.05) is 6.04 Å². The van der Waals surface area contributed by atoms with Gasteiger partial charge in [0.1, 0.15) is 4.88 Å². The number of aromatic nitrogens is 1. The number of thiazole rings is 1. The summed E-state index contributed by atoms with van der Waals surface area (Å²) in [5.74, 6) is 1.17. The Morgan fingerprint density at radius 3 is 2.84 bits per heavy atom.